The third-order valence-corrected chi connectivity index (χ3v) is 5.92. The molecule has 1 N–H and O–H groups in total. The lowest BCUT2D eigenvalue weighted by atomic mass is 10.1. The Bertz CT molecular complexity index is 476. The molecule has 0 amide bonds. The second-order valence-corrected chi connectivity index (χ2v) is 6.94. The van der Waals surface area contributed by atoms with Gasteiger partial charge in [-0.05, 0) is 37.8 Å². The molecule has 2 unspecified atom stereocenters. The Balaban J connectivity index is 2.33. The first-order valence-corrected chi connectivity index (χ1v) is 7.52. The van der Waals surface area contributed by atoms with Gasteiger partial charge >= 0.3 is 0 Å². The van der Waals surface area contributed by atoms with E-state index >= 15 is 0 Å². The van der Waals surface area contributed by atoms with Crippen LogP contribution < -0.4 is 0 Å². The first-order valence-electron chi connectivity index (χ1n) is 5.97. The van der Waals surface area contributed by atoms with Crippen LogP contribution in [0.5, 0.6) is 0 Å². The minimum Gasteiger partial charge on any atom is -0.396 e. The van der Waals surface area contributed by atoms with Crippen LogP contribution in [0.1, 0.15) is 24.8 Å². The van der Waals surface area contributed by atoms with Crippen LogP contribution in [0.25, 0.3) is 0 Å². The molecule has 17 heavy (non-hydrogen) atoms. The molecule has 4 heteroatoms. The number of aryl methyl sites for hydroxylation is 1. The summed E-state index contributed by atoms with van der Waals surface area (Å²) in [5.41, 5.74) is 1.05. The zero-order valence-corrected chi connectivity index (χ0v) is 10.8. The summed E-state index contributed by atoms with van der Waals surface area (Å²) >= 11 is 0. The van der Waals surface area contributed by atoms with Gasteiger partial charge in [0.05, 0.1) is 10.1 Å². The van der Waals surface area contributed by atoms with Gasteiger partial charge in [-0.25, -0.2) is 8.42 Å². The minimum atomic E-state index is -3.28. The van der Waals surface area contributed by atoms with Crippen molar-refractivity contribution < 1.29 is 13.5 Å². The van der Waals surface area contributed by atoms with Crippen molar-refractivity contribution in [3.63, 3.8) is 0 Å². The fourth-order valence-corrected chi connectivity index (χ4v) is 4.59. The summed E-state index contributed by atoms with van der Waals surface area (Å²) in [5, 5.41) is 8.82. The van der Waals surface area contributed by atoms with Crippen molar-refractivity contribution in [3.05, 3.63) is 29.8 Å². The molecule has 3 nitrogen and oxygen atoms in total. The van der Waals surface area contributed by atoms with Crippen LogP contribution in [0, 0.1) is 12.8 Å². The van der Waals surface area contributed by atoms with Gasteiger partial charge in [-0.2, -0.15) is 0 Å². The van der Waals surface area contributed by atoms with E-state index in [1.54, 1.807) is 12.1 Å². The van der Waals surface area contributed by atoms with Gasteiger partial charge in [-0.1, -0.05) is 24.1 Å². The van der Waals surface area contributed by atoms with Crippen LogP contribution >= 0.6 is 0 Å². The van der Waals surface area contributed by atoms with Crippen LogP contribution in [0.4, 0.5) is 0 Å². The molecule has 0 bridgehead atoms. The summed E-state index contributed by atoms with van der Waals surface area (Å²) in [6, 6.07) is 6.96. The number of hydrogen-bond acceptors (Lipinski definition) is 3. The molecular formula is C13H18O3S. The smallest absolute Gasteiger partial charge is 0.181 e. The molecule has 0 aliphatic heterocycles. The Morgan fingerprint density at radius 2 is 1.88 bits per heavy atom. The van der Waals surface area contributed by atoms with Crippen molar-refractivity contribution in [2.75, 3.05) is 6.61 Å². The zero-order chi connectivity index (χ0) is 12.5. The maximum atomic E-state index is 12.4. The number of aliphatic hydroxyl groups excluding tert-OH is 1. The SMILES string of the molecule is Cc1ccc(S(=O)(=O)C2CCCC2CO)cc1. The van der Waals surface area contributed by atoms with Crippen LogP contribution in [0.3, 0.4) is 0 Å². The number of benzene rings is 1. The predicted molar refractivity (Wildman–Crippen MR) is 66.6 cm³/mol. The maximum Gasteiger partial charge on any atom is 0.181 e. The average Bonchev–Trinajstić information content (AvgIpc) is 2.78. The molecule has 0 spiro atoms. The first-order chi connectivity index (χ1) is 8.05. The fourth-order valence-electron chi connectivity index (χ4n) is 2.52. The lowest BCUT2D eigenvalue weighted by Gasteiger charge is -2.18. The molecule has 1 aromatic rings. The molecule has 0 aromatic heterocycles. The zero-order valence-electron chi connectivity index (χ0n) is 9.96. The number of aliphatic hydroxyl groups is 1. The molecule has 1 aliphatic rings. The molecule has 1 fully saturated rings. The number of sulfone groups is 1. The third-order valence-electron chi connectivity index (χ3n) is 3.57. The molecule has 94 valence electrons. The predicted octanol–water partition coefficient (Wildman–Crippen LogP) is 1.93. The topological polar surface area (TPSA) is 54.4 Å². The van der Waals surface area contributed by atoms with E-state index in [1.165, 1.54) is 0 Å². The van der Waals surface area contributed by atoms with Crippen LogP contribution in [-0.2, 0) is 9.84 Å². The molecule has 0 radical (unpaired) electrons. The summed E-state index contributed by atoms with van der Waals surface area (Å²) in [7, 11) is -3.28. The summed E-state index contributed by atoms with van der Waals surface area (Å²) < 4.78 is 24.8. The van der Waals surface area contributed by atoms with Crippen molar-refractivity contribution >= 4 is 9.84 Å². The van der Waals surface area contributed by atoms with Gasteiger partial charge < -0.3 is 5.11 Å². The molecule has 1 saturated carbocycles. The lowest BCUT2D eigenvalue weighted by molar-refractivity contribution is 0.230. The standard InChI is InChI=1S/C13H18O3S/c1-10-5-7-12(8-6-10)17(15,16)13-4-2-3-11(13)9-14/h5-8,11,13-14H,2-4,9H2,1H3. The summed E-state index contributed by atoms with van der Waals surface area (Å²) in [6.45, 7) is 1.90. The molecule has 2 atom stereocenters. The van der Waals surface area contributed by atoms with Gasteiger partial charge in [0.1, 0.15) is 0 Å². The summed E-state index contributed by atoms with van der Waals surface area (Å²) in [4.78, 5) is 0.383. The van der Waals surface area contributed by atoms with Crippen molar-refractivity contribution in [3.8, 4) is 0 Å². The minimum absolute atomic E-state index is 0.0320. The second kappa shape index (κ2) is 4.78. The third kappa shape index (κ3) is 2.38. The van der Waals surface area contributed by atoms with E-state index in [0.717, 1.165) is 18.4 Å². The number of hydrogen-bond donors (Lipinski definition) is 1. The molecule has 1 aromatic carbocycles. The quantitative estimate of drug-likeness (QED) is 0.896. The van der Waals surface area contributed by atoms with Gasteiger partial charge in [0.2, 0.25) is 0 Å². The van der Waals surface area contributed by atoms with Crippen molar-refractivity contribution in [1.29, 1.82) is 0 Å². The Morgan fingerprint density at radius 3 is 2.47 bits per heavy atom. The monoisotopic (exact) mass is 254 g/mol. The van der Waals surface area contributed by atoms with E-state index in [-0.39, 0.29) is 12.5 Å². The van der Waals surface area contributed by atoms with E-state index < -0.39 is 15.1 Å². The molecule has 2 rings (SSSR count). The highest BCUT2D eigenvalue weighted by atomic mass is 32.2. The highest BCUT2D eigenvalue weighted by Gasteiger charge is 2.37. The molecule has 0 heterocycles. The van der Waals surface area contributed by atoms with E-state index in [0.29, 0.717) is 11.3 Å². The first kappa shape index (κ1) is 12.6. The normalized spacial score (nSPS) is 25.1. The highest BCUT2D eigenvalue weighted by Crippen LogP contribution is 2.34. The maximum absolute atomic E-state index is 12.4. The molecular weight excluding hydrogens is 236 g/mol. The van der Waals surface area contributed by atoms with Crippen LogP contribution in [-0.4, -0.2) is 25.4 Å². The van der Waals surface area contributed by atoms with Gasteiger partial charge in [0.25, 0.3) is 0 Å². The average molecular weight is 254 g/mol. The van der Waals surface area contributed by atoms with Gasteiger partial charge in [-0.15, -0.1) is 0 Å². The fraction of sp³-hybridized carbons (Fsp3) is 0.538. The van der Waals surface area contributed by atoms with E-state index in [9.17, 15) is 13.5 Å². The number of rotatable bonds is 3. The van der Waals surface area contributed by atoms with Crippen LogP contribution in [0.2, 0.25) is 0 Å². The Labute approximate surface area is 102 Å². The van der Waals surface area contributed by atoms with Crippen LogP contribution in [0.15, 0.2) is 29.2 Å². The van der Waals surface area contributed by atoms with Crippen molar-refractivity contribution in [2.24, 2.45) is 5.92 Å². The largest absolute Gasteiger partial charge is 0.396 e. The summed E-state index contributed by atoms with van der Waals surface area (Å²) in [6.07, 6.45) is 2.37. The Hall–Kier alpha value is -0.870. The van der Waals surface area contributed by atoms with Gasteiger partial charge in [0, 0.05) is 6.61 Å². The van der Waals surface area contributed by atoms with Gasteiger partial charge in [-0.3, -0.25) is 0 Å². The van der Waals surface area contributed by atoms with E-state index in [1.807, 2.05) is 19.1 Å². The van der Waals surface area contributed by atoms with E-state index in [2.05, 4.69) is 0 Å². The highest BCUT2D eigenvalue weighted by molar-refractivity contribution is 7.92. The molecule has 1 aliphatic carbocycles. The summed E-state index contributed by atoms with van der Waals surface area (Å²) in [5.74, 6) is -0.0960. The molecule has 0 saturated heterocycles. The van der Waals surface area contributed by atoms with Gasteiger partial charge in [0.15, 0.2) is 9.84 Å². The van der Waals surface area contributed by atoms with Crippen molar-refractivity contribution in [2.45, 2.75) is 36.3 Å². The lowest BCUT2D eigenvalue weighted by Crippen LogP contribution is -2.27. The van der Waals surface area contributed by atoms with E-state index in [4.69, 9.17) is 0 Å². The Morgan fingerprint density at radius 1 is 1.24 bits per heavy atom. The Kier molecular flexibility index (Phi) is 3.54. The van der Waals surface area contributed by atoms with Crippen molar-refractivity contribution in [1.82, 2.24) is 0 Å². The second-order valence-electron chi connectivity index (χ2n) is 4.77.